The molecule has 0 aliphatic carbocycles. The molecule has 0 bridgehead atoms. The molecule has 0 spiro atoms. The number of carbonyl (C=O) groups excluding carboxylic acids is 1. The summed E-state index contributed by atoms with van der Waals surface area (Å²) in [6.45, 7) is 6.82. The Morgan fingerprint density at radius 2 is 1.97 bits per heavy atom. The molecular weight excluding hydrogens is 432 g/mol. The smallest absolute Gasteiger partial charge is 0.277 e. The second kappa shape index (κ2) is 8.70. The quantitative estimate of drug-likeness (QED) is 0.449. The summed E-state index contributed by atoms with van der Waals surface area (Å²) >= 11 is 0. The molecule has 0 radical (unpaired) electrons. The number of hydrogen-bond donors (Lipinski definition) is 2. The van der Waals surface area contributed by atoms with Crippen molar-refractivity contribution in [1.29, 1.82) is 0 Å². The summed E-state index contributed by atoms with van der Waals surface area (Å²) in [5, 5.41) is 13.7. The molecular formula is C26H28N4O4. The fourth-order valence-electron chi connectivity index (χ4n) is 4.32. The van der Waals surface area contributed by atoms with E-state index in [2.05, 4.69) is 10.3 Å². The molecule has 34 heavy (non-hydrogen) atoms. The number of aliphatic hydroxyl groups is 1. The lowest BCUT2D eigenvalue weighted by atomic mass is 9.97. The highest BCUT2D eigenvalue weighted by Crippen LogP contribution is 2.32. The van der Waals surface area contributed by atoms with E-state index in [0.717, 1.165) is 48.5 Å². The highest BCUT2D eigenvalue weighted by atomic mass is 16.5. The number of anilines is 1. The number of oxazole rings is 1. The van der Waals surface area contributed by atoms with Crippen molar-refractivity contribution in [2.45, 2.75) is 45.1 Å². The lowest BCUT2D eigenvalue weighted by molar-refractivity contribution is 0.0792. The van der Waals surface area contributed by atoms with Gasteiger partial charge in [0.15, 0.2) is 5.69 Å². The summed E-state index contributed by atoms with van der Waals surface area (Å²) < 4.78 is 12.9. The zero-order chi connectivity index (χ0) is 23.9. The van der Waals surface area contributed by atoms with E-state index in [1.54, 1.807) is 20.0 Å². The number of aryl methyl sites for hydroxylation is 1. The number of amides is 1. The molecule has 176 valence electrons. The monoisotopic (exact) mass is 460 g/mol. The van der Waals surface area contributed by atoms with E-state index >= 15 is 0 Å². The molecule has 1 aliphatic heterocycles. The Balaban J connectivity index is 1.45. The van der Waals surface area contributed by atoms with Gasteiger partial charge in [0.1, 0.15) is 11.9 Å². The number of aromatic nitrogens is 3. The first kappa shape index (κ1) is 22.3. The van der Waals surface area contributed by atoms with Crippen molar-refractivity contribution in [3.05, 3.63) is 71.5 Å². The molecule has 2 N–H and O–H groups in total. The Morgan fingerprint density at radius 1 is 1.18 bits per heavy atom. The molecule has 1 aliphatic rings. The van der Waals surface area contributed by atoms with Crippen molar-refractivity contribution in [2.24, 2.45) is 0 Å². The van der Waals surface area contributed by atoms with E-state index in [-0.39, 0.29) is 5.69 Å². The predicted molar refractivity (Wildman–Crippen MR) is 128 cm³/mol. The molecule has 4 aromatic rings. The highest BCUT2D eigenvalue weighted by molar-refractivity contribution is 6.03. The molecule has 3 aromatic heterocycles. The van der Waals surface area contributed by atoms with Crippen LogP contribution in [0.3, 0.4) is 0 Å². The average molecular weight is 461 g/mol. The summed E-state index contributed by atoms with van der Waals surface area (Å²) in [4.78, 5) is 22.2. The van der Waals surface area contributed by atoms with Crippen LogP contribution in [0.1, 0.15) is 59.9 Å². The van der Waals surface area contributed by atoms with Gasteiger partial charge < -0.3 is 24.0 Å². The molecule has 0 atom stereocenters. The molecule has 0 unspecified atom stereocenters. The number of hydrogen-bond acceptors (Lipinski definition) is 6. The van der Waals surface area contributed by atoms with Gasteiger partial charge in [0.2, 0.25) is 5.89 Å². The van der Waals surface area contributed by atoms with Gasteiger partial charge in [-0.05, 0) is 51.8 Å². The lowest BCUT2D eigenvalue weighted by Crippen LogP contribution is -2.21. The van der Waals surface area contributed by atoms with Crippen LogP contribution in [0.5, 0.6) is 0 Å². The summed E-state index contributed by atoms with van der Waals surface area (Å²) in [6.07, 6.45) is 6.98. The van der Waals surface area contributed by atoms with E-state index in [9.17, 15) is 9.90 Å². The molecule has 8 nitrogen and oxygen atoms in total. The Bertz CT molecular complexity index is 1340. The maximum atomic E-state index is 13.0. The third kappa shape index (κ3) is 4.47. The number of fused-ring (bicyclic) bond motifs is 1. The Kier molecular flexibility index (Phi) is 5.71. The van der Waals surface area contributed by atoms with Gasteiger partial charge in [0.25, 0.3) is 5.91 Å². The minimum atomic E-state index is -1.19. The van der Waals surface area contributed by atoms with Gasteiger partial charge in [-0.3, -0.25) is 4.79 Å². The Labute approximate surface area is 197 Å². The molecule has 1 amide bonds. The third-order valence-corrected chi connectivity index (χ3v) is 6.16. The first-order valence-corrected chi connectivity index (χ1v) is 11.4. The molecule has 8 heteroatoms. The zero-order valence-corrected chi connectivity index (χ0v) is 19.5. The van der Waals surface area contributed by atoms with Crippen molar-refractivity contribution in [1.82, 2.24) is 14.4 Å². The van der Waals surface area contributed by atoms with Crippen LogP contribution in [0.2, 0.25) is 0 Å². The van der Waals surface area contributed by atoms with Crippen LogP contribution in [0.4, 0.5) is 5.69 Å². The van der Waals surface area contributed by atoms with Gasteiger partial charge in [-0.1, -0.05) is 17.7 Å². The van der Waals surface area contributed by atoms with Crippen molar-refractivity contribution < 1.29 is 19.1 Å². The van der Waals surface area contributed by atoms with Crippen molar-refractivity contribution in [3.8, 4) is 11.5 Å². The van der Waals surface area contributed by atoms with Gasteiger partial charge in [-0.15, -0.1) is 0 Å². The molecule has 5 rings (SSSR count). The van der Waals surface area contributed by atoms with Crippen LogP contribution in [0, 0.1) is 6.92 Å². The van der Waals surface area contributed by atoms with Gasteiger partial charge >= 0.3 is 0 Å². The summed E-state index contributed by atoms with van der Waals surface area (Å²) in [5.41, 5.74) is 3.62. The number of pyridine rings is 1. The summed E-state index contributed by atoms with van der Waals surface area (Å²) in [6, 6.07) is 9.55. The number of benzene rings is 1. The summed E-state index contributed by atoms with van der Waals surface area (Å²) in [7, 11) is 0. The van der Waals surface area contributed by atoms with E-state index in [0.29, 0.717) is 23.1 Å². The van der Waals surface area contributed by atoms with Crippen molar-refractivity contribution in [3.63, 3.8) is 0 Å². The number of nitrogens with zero attached hydrogens (tertiary/aromatic N) is 3. The maximum Gasteiger partial charge on any atom is 0.277 e. The third-order valence-electron chi connectivity index (χ3n) is 6.16. The van der Waals surface area contributed by atoms with Gasteiger partial charge in [0.05, 0.1) is 17.0 Å². The zero-order valence-electron chi connectivity index (χ0n) is 19.5. The Hall–Kier alpha value is -3.49. The van der Waals surface area contributed by atoms with E-state index in [4.69, 9.17) is 14.1 Å². The van der Waals surface area contributed by atoms with Crippen molar-refractivity contribution in [2.75, 3.05) is 18.5 Å². The topological polar surface area (TPSA) is 102 Å². The van der Waals surface area contributed by atoms with Crippen molar-refractivity contribution >= 4 is 17.2 Å². The minimum Gasteiger partial charge on any atom is -0.444 e. The van der Waals surface area contributed by atoms with Gasteiger partial charge in [-0.25, -0.2) is 9.97 Å². The SMILES string of the molecule is Cc1cccc(-c2nc(C(=O)Nc3cn4cc(C5CCOCC5)nc4cc3C(C)(C)O)co2)c1. The number of nitrogens with one attached hydrogen (secondary N) is 1. The molecule has 1 saturated heterocycles. The number of imidazole rings is 1. The largest absolute Gasteiger partial charge is 0.444 e. The first-order valence-electron chi connectivity index (χ1n) is 11.4. The second-order valence-electron chi connectivity index (χ2n) is 9.34. The van der Waals surface area contributed by atoms with Gasteiger partial charge in [0, 0.05) is 42.7 Å². The van der Waals surface area contributed by atoms with Crippen LogP contribution < -0.4 is 5.32 Å². The standard InChI is InChI=1S/C26H28N4O4/c1-16-5-4-6-18(11-16)25-29-22(15-34-25)24(31)28-21-14-30-13-20(17-7-9-33-10-8-17)27-23(30)12-19(21)26(2,3)32/h4-6,11-15,17,32H,7-10H2,1-3H3,(H,28,31). The average Bonchev–Trinajstić information content (AvgIpc) is 3.46. The molecule has 1 fully saturated rings. The normalized spacial score (nSPS) is 15.1. The molecule has 4 heterocycles. The molecule has 1 aromatic carbocycles. The fraction of sp³-hybridized carbons (Fsp3) is 0.346. The van der Waals surface area contributed by atoms with Crippen LogP contribution in [0.25, 0.3) is 17.1 Å². The highest BCUT2D eigenvalue weighted by Gasteiger charge is 2.25. The van der Waals surface area contributed by atoms with Crippen LogP contribution in [-0.2, 0) is 10.3 Å². The van der Waals surface area contributed by atoms with E-state index in [1.165, 1.54) is 6.26 Å². The van der Waals surface area contributed by atoms with Crippen LogP contribution in [0.15, 0.2) is 53.4 Å². The van der Waals surface area contributed by atoms with E-state index in [1.807, 2.05) is 47.9 Å². The fourth-order valence-corrected chi connectivity index (χ4v) is 4.32. The molecule has 0 saturated carbocycles. The maximum absolute atomic E-state index is 13.0. The second-order valence-corrected chi connectivity index (χ2v) is 9.34. The Morgan fingerprint density at radius 3 is 2.71 bits per heavy atom. The number of ether oxygens (including phenoxy) is 1. The van der Waals surface area contributed by atoms with E-state index < -0.39 is 11.5 Å². The first-order chi connectivity index (χ1) is 16.3. The predicted octanol–water partition coefficient (Wildman–Crippen LogP) is 4.67. The number of carbonyl (C=O) groups is 1. The van der Waals surface area contributed by atoms with Crippen LogP contribution >= 0.6 is 0 Å². The van der Waals surface area contributed by atoms with Gasteiger partial charge in [-0.2, -0.15) is 0 Å². The lowest BCUT2D eigenvalue weighted by Gasteiger charge is -2.22. The minimum absolute atomic E-state index is 0.159. The van der Waals surface area contributed by atoms with Crippen LogP contribution in [-0.4, -0.2) is 38.6 Å². The number of rotatable bonds is 5. The summed E-state index contributed by atoms with van der Waals surface area (Å²) in [5.74, 6) is 0.299.